The minimum atomic E-state index is -3.87. The third-order valence-electron chi connectivity index (χ3n) is 3.00. The topological polar surface area (TPSA) is 89.3 Å². The van der Waals surface area contributed by atoms with Gasteiger partial charge in [-0.2, -0.15) is 0 Å². The summed E-state index contributed by atoms with van der Waals surface area (Å²) in [5.41, 5.74) is 5.15. The molecule has 20 heavy (non-hydrogen) atoms. The van der Waals surface area contributed by atoms with E-state index in [1.807, 2.05) is 13.8 Å². The number of hydrogen-bond donors (Lipinski definition) is 2. The third kappa shape index (κ3) is 4.19. The van der Waals surface area contributed by atoms with E-state index in [1.54, 1.807) is 0 Å². The van der Waals surface area contributed by atoms with Gasteiger partial charge in [-0.1, -0.05) is 13.8 Å². The number of sulfone groups is 1. The molecule has 5 nitrogen and oxygen atoms in total. The molecule has 0 radical (unpaired) electrons. The second-order valence-electron chi connectivity index (χ2n) is 4.52. The van der Waals surface area contributed by atoms with E-state index in [9.17, 15) is 17.6 Å². The Hall–Kier alpha value is -1.63. The first-order valence-electron chi connectivity index (χ1n) is 6.37. The van der Waals surface area contributed by atoms with Crippen molar-refractivity contribution in [2.45, 2.75) is 37.6 Å². The summed E-state index contributed by atoms with van der Waals surface area (Å²) in [5, 5.41) is 2.63. The van der Waals surface area contributed by atoms with Gasteiger partial charge in [-0.25, -0.2) is 12.8 Å². The van der Waals surface area contributed by atoms with Crippen LogP contribution in [0.1, 0.15) is 26.7 Å². The van der Waals surface area contributed by atoms with Crippen molar-refractivity contribution in [1.82, 2.24) is 5.32 Å². The minimum absolute atomic E-state index is 0.0548. The van der Waals surface area contributed by atoms with Crippen molar-refractivity contribution >= 4 is 21.4 Å². The number of carbonyl (C=O) groups excluding carboxylic acids is 1. The Labute approximate surface area is 118 Å². The molecule has 112 valence electrons. The van der Waals surface area contributed by atoms with Crippen molar-refractivity contribution < 1.29 is 17.6 Å². The Morgan fingerprint density at radius 1 is 1.35 bits per heavy atom. The molecule has 1 rings (SSSR count). The molecule has 0 heterocycles. The van der Waals surface area contributed by atoms with Gasteiger partial charge in [0.25, 0.3) is 0 Å². The molecule has 1 amide bonds. The Kier molecular flexibility index (Phi) is 5.50. The monoisotopic (exact) mass is 302 g/mol. The van der Waals surface area contributed by atoms with Crippen LogP contribution in [-0.4, -0.2) is 26.1 Å². The lowest BCUT2D eigenvalue weighted by Crippen LogP contribution is -2.37. The second kappa shape index (κ2) is 6.69. The van der Waals surface area contributed by atoms with Crippen molar-refractivity contribution in [1.29, 1.82) is 0 Å². The fourth-order valence-electron chi connectivity index (χ4n) is 1.72. The molecule has 0 aliphatic carbocycles. The Morgan fingerprint density at radius 2 is 1.95 bits per heavy atom. The molecule has 0 bridgehead atoms. The summed E-state index contributed by atoms with van der Waals surface area (Å²) in [5.74, 6) is -2.10. The number of rotatable bonds is 6. The molecule has 0 fully saturated rings. The molecular formula is C13H19FN2O3S. The lowest BCUT2D eigenvalue weighted by atomic mass is 10.2. The molecule has 0 spiro atoms. The molecule has 0 atom stereocenters. The molecular weight excluding hydrogens is 283 g/mol. The maximum absolute atomic E-state index is 13.3. The number of carbonyl (C=O) groups is 1. The van der Waals surface area contributed by atoms with Crippen LogP contribution in [0.5, 0.6) is 0 Å². The quantitative estimate of drug-likeness (QED) is 0.779. The van der Waals surface area contributed by atoms with Gasteiger partial charge in [0, 0.05) is 6.04 Å². The highest BCUT2D eigenvalue weighted by Crippen LogP contribution is 2.17. The van der Waals surface area contributed by atoms with Crippen LogP contribution in [0.2, 0.25) is 0 Å². The zero-order valence-electron chi connectivity index (χ0n) is 11.5. The number of nitrogens with two attached hydrogens (primary N) is 1. The van der Waals surface area contributed by atoms with Crippen molar-refractivity contribution in [2.75, 3.05) is 11.5 Å². The summed E-state index contributed by atoms with van der Waals surface area (Å²) in [6, 6.07) is 3.13. The number of amides is 1. The summed E-state index contributed by atoms with van der Waals surface area (Å²) < 4.78 is 37.3. The molecule has 1 aromatic carbocycles. The highest BCUT2D eigenvalue weighted by molar-refractivity contribution is 7.92. The Bertz CT molecular complexity index is 583. The van der Waals surface area contributed by atoms with Crippen LogP contribution in [-0.2, 0) is 14.6 Å². The van der Waals surface area contributed by atoms with Crippen molar-refractivity contribution in [3.05, 3.63) is 24.0 Å². The van der Waals surface area contributed by atoms with Gasteiger partial charge in [-0.15, -0.1) is 0 Å². The maximum Gasteiger partial charge on any atom is 0.235 e. The van der Waals surface area contributed by atoms with E-state index in [1.165, 1.54) is 12.1 Å². The molecule has 0 aliphatic rings. The Morgan fingerprint density at radius 3 is 2.45 bits per heavy atom. The summed E-state index contributed by atoms with van der Waals surface area (Å²) in [6.07, 6.45) is 1.44. The fourth-order valence-corrected chi connectivity index (χ4v) is 2.87. The smallest absolute Gasteiger partial charge is 0.235 e. The van der Waals surface area contributed by atoms with Gasteiger partial charge in [-0.3, -0.25) is 4.79 Å². The summed E-state index contributed by atoms with van der Waals surface area (Å²) in [6.45, 7) is 3.80. The first-order chi connectivity index (χ1) is 9.30. The van der Waals surface area contributed by atoms with E-state index in [0.717, 1.165) is 18.9 Å². The lowest BCUT2D eigenvalue weighted by Gasteiger charge is -2.14. The van der Waals surface area contributed by atoms with E-state index in [4.69, 9.17) is 5.73 Å². The maximum atomic E-state index is 13.3. The van der Waals surface area contributed by atoms with Gasteiger partial charge >= 0.3 is 0 Å². The van der Waals surface area contributed by atoms with Crippen LogP contribution in [0.15, 0.2) is 23.1 Å². The van der Waals surface area contributed by atoms with E-state index >= 15 is 0 Å². The normalized spacial score (nSPS) is 11.6. The molecule has 0 saturated heterocycles. The SMILES string of the molecule is CCC(CC)NC(=O)CS(=O)(=O)c1ccc(N)c(F)c1. The van der Waals surface area contributed by atoms with Crippen LogP contribution >= 0.6 is 0 Å². The minimum Gasteiger partial charge on any atom is -0.396 e. The van der Waals surface area contributed by atoms with Gasteiger partial charge < -0.3 is 11.1 Å². The van der Waals surface area contributed by atoms with E-state index in [0.29, 0.717) is 0 Å². The van der Waals surface area contributed by atoms with Crippen LogP contribution < -0.4 is 11.1 Å². The molecule has 0 aromatic heterocycles. The zero-order valence-corrected chi connectivity index (χ0v) is 12.3. The van der Waals surface area contributed by atoms with Crippen LogP contribution in [0, 0.1) is 5.82 Å². The highest BCUT2D eigenvalue weighted by Gasteiger charge is 2.21. The van der Waals surface area contributed by atoms with Gasteiger partial charge in [0.05, 0.1) is 10.6 Å². The van der Waals surface area contributed by atoms with Crippen LogP contribution in [0.3, 0.4) is 0 Å². The summed E-state index contributed by atoms with van der Waals surface area (Å²) in [4.78, 5) is 11.5. The standard InChI is InChI=1S/C13H19FN2O3S/c1-3-9(4-2)16-13(17)8-20(18,19)10-5-6-12(15)11(14)7-10/h5-7,9H,3-4,8,15H2,1-2H3,(H,16,17). The average molecular weight is 302 g/mol. The van der Waals surface area contributed by atoms with E-state index in [2.05, 4.69) is 5.32 Å². The van der Waals surface area contributed by atoms with Gasteiger partial charge in [0.2, 0.25) is 5.91 Å². The predicted octanol–water partition coefficient (Wildman–Crippen LogP) is 1.49. The number of nitrogens with one attached hydrogen (secondary N) is 1. The number of nitrogen functional groups attached to an aromatic ring is 1. The van der Waals surface area contributed by atoms with Crippen molar-refractivity contribution in [3.63, 3.8) is 0 Å². The molecule has 1 aromatic rings. The molecule has 3 N–H and O–H groups in total. The number of hydrogen-bond acceptors (Lipinski definition) is 4. The largest absolute Gasteiger partial charge is 0.396 e. The van der Waals surface area contributed by atoms with E-state index < -0.39 is 27.3 Å². The molecule has 0 saturated carbocycles. The number of anilines is 1. The fraction of sp³-hybridized carbons (Fsp3) is 0.462. The van der Waals surface area contributed by atoms with Crippen molar-refractivity contribution in [2.24, 2.45) is 0 Å². The number of benzene rings is 1. The van der Waals surface area contributed by atoms with Crippen molar-refractivity contribution in [3.8, 4) is 0 Å². The van der Waals surface area contributed by atoms with Crippen LogP contribution in [0.25, 0.3) is 0 Å². The first kappa shape index (κ1) is 16.4. The van der Waals surface area contributed by atoms with Gasteiger partial charge in [0.1, 0.15) is 11.6 Å². The van der Waals surface area contributed by atoms with Gasteiger partial charge in [0.15, 0.2) is 9.84 Å². The van der Waals surface area contributed by atoms with Gasteiger partial charge in [-0.05, 0) is 31.0 Å². The van der Waals surface area contributed by atoms with E-state index in [-0.39, 0.29) is 16.6 Å². The summed E-state index contributed by atoms with van der Waals surface area (Å²) in [7, 11) is -3.87. The van der Waals surface area contributed by atoms with Crippen LogP contribution in [0.4, 0.5) is 10.1 Å². The predicted molar refractivity (Wildman–Crippen MR) is 75.4 cm³/mol. The Balaban J connectivity index is 2.84. The average Bonchev–Trinajstić information content (AvgIpc) is 2.38. The summed E-state index contributed by atoms with van der Waals surface area (Å²) >= 11 is 0. The molecule has 0 aliphatic heterocycles. The zero-order chi connectivity index (χ0) is 15.3. The molecule has 0 unspecified atom stereocenters. The number of halogens is 1. The lowest BCUT2D eigenvalue weighted by molar-refractivity contribution is -0.119. The third-order valence-corrected chi connectivity index (χ3v) is 4.62. The first-order valence-corrected chi connectivity index (χ1v) is 8.02. The molecule has 7 heteroatoms. The highest BCUT2D eigenvalue weighted by atomic mass is 32.2. The second-order valence-corrected chi connectivity index (χ2v) is 6.51.